The second-order valence-corrected chi connectivity index (χ2v) is 0.816. The fourth-order valence-corrected chi connectivity index (χ4v) is 0. The van der Waals surface area contributed by atoms with E-state index in [4.69, 9.17) is 0 Å². The van der Waals surface area contributed by atoms with Crippen molar-refractivity contribution in [3.8, 4) is 0 Å². The van der Waals surface area contributed by atoms with Crippen molar-refractivity contribution in [1.82, 2.24) is 0 Å². The summed E-state index contributed by atoms with van der Waals surface area (Å²) in [6.45, 7) is 10.5. The second-order valence-electron chi connectivity index (χ2n) is 0.816. The van der Waals surface area contributed by atoms with Gasteiger partial charge in [-0.1, -0.05) is 12.2 Å². The normalized spacial score (nSPS) is 3.71. The van der Waals surface area contributed by atoms with Crippen molar-refractivity contribution in [2.45, 2.75) is 13.8 Å². The van der Waals surface area contributed by atoms with Crippen LogP contribution in [-0.2, 0) is 0 Å². The molecule has 0 N–H and O–H groups in total. The second kappa shape index (κ2) is 36.3. The van der Waals surface area contributed by atoms with Crippen molar-refractivity contribution < 1.29 is 20.3 Å². The minimum Gasteiger partial charge on any atom is -1.00 e. The topological polar surface area (TPSA) is 0 Å². The average Bonchev–Trinajstić information content (AvgIpc) is 1.39. The van der Waals surface area contributed by atoms with Gasteiger partial charge in [0.05, 0.1) is 0 Å². The van der Waals surface area contributed by atoms with Crippen LogP contribution in [0.3, 0.4) is 0 Å². The Morgan fingerprint density at radius 1 is 1.14 bits per heavy atom. The van der Waals surface area contributed by atoms with Crippen LogP contribution in [0.25, 0.3) is 0 Å². The summed E-state index contributed by atoms with van der Waals surface area (Å²) < 4.78 is 0. The molecule has 0 nitrogen and oxygen atoms in total. The first-order valence-corrected chi connectivity index (χ1v) is 1.97. The largest absolute Gasteiger partial charge is 1.00 e. The zero-order valence-corrected chi connectivity index (χ0v) is 5.57. The number of hydrogen-bond acceptors (Lipinski definition) is 0. The predicted molar refractivity (Wildman–Crippen MR) is 32.9 cm³/mol. The van der Waals surface area contributed by atoms with Gasteiger partial charge in [0, 0.05) is 0 Å². The Hall–Kier alpha value is 0.0774. The maximum absolute atomic E-state index is 3.36. The number of allylic oxidation sites excluding steroid dienone is 2. The molecule has 0 saturated heterocycles. The minimum absolute atomic E-state index is 0. The standard InChI is InChI=1S/2C3H6.Li.H/c2*1-3-2;;/h2*3H,1H2,2H3;;/q;;+1;-1. The van der Waals surface area contributed by atoms with E-state index in [1.165, 1.54) is 0 Å². The minimum atomic E-state index is 0. The maximum Gasteiger partial charge on any atom is 1.00 e. The van der Waals surface area contributed by atoms with Gasteiger partial charge in [-0.15, -0.1) is 13.2 Å². The predicted octanol–water partition coefficient (Wildman–Crippen LogP) is -0.499. The van der Waals surface area contributed by atoms with E-state index >= 15 is 0 Å². The molecule has 7 heavy (non-hydrogen) atoms. The van der Waals surface area contributed by atoms with Gasteiger partial charge in [0.1, 0.15) is 0 Å². The van der Waals surface area contributed by atoms with Gasteiger partial charge in [0.25, 0.3) is 0 Å². The Bertz CT molecular complexity index is 29.5. The van der Waals surface area contributed by atoms with Crippen LogP contribution in [0, 0.1) is 0 Å². The molecule has 0 aliphatic carbocycles. The molecule has 0 aromatic rings. The molecule has 0 spiro atoms. The molecule has 0 heterocycles. The molecule has 0 saturated carbocycles. The third-order valence-electron chi connectivity index (χ3n) is 0. The van der Waals surface area contributed by atoms with E-state index < -0.39 is 0 Å². The SMILES string of the molecule is C=CC.C=CC.[H-].[Li+]. The van der Waals surface area contributed by atoms with Gasteiger partial charge in [-0.2, -0.15) is 0 Å². The molecule has 0 unspecified atom stereocenters. The van der Waals surface area contributed by atoms with Crippen molar-refractivity contribution in [2.24, 2.45) is 0 Å². The van der Waals surface area contributed by atoms with Crippen molar-refractivity contribution in [2.75, 3.05) is 0 Å². The summed E-state index contributed by atoms with van der Waals surface area (Å²) in [5.41, 5.74) is 0. The molecule has 0 aliphatic heterocycles. The van der Waals surface area contributed by atoms with Gasteiger partial charge in [-0.25, -0.2) is 0 Å². The molecular formula is C6H13Li. The van der Waals surface area contributed by atoms with Crippen molar-refractivity contribution in [3.05, 3.63) is 25.3 Å². The summed E-state index contributed by atoms with van der Waals surface area (Å²) >= 11 is 0. The van der Waals surface area contributed by atoms with Gasteiger partial charge in [0.2, 0.25) is 0 Å². The Labute approximate surface area is 60.0 Å². The van der Waals surface area contributed by atoms with E-state index in [1.807, 2.05) is 13.8 Å². The van der Waals surface area contributed by atoms with Crippen LogP contribution >= 0.6 is 0 Å². The Balaban J connectivity index is -0.0000000160. The van der Waals surface area contributed by atoms with Gasteiger partial charge in [-0.05, 0) is 13.8 Å². The van der Waals surface area contributed by atoms with Gasteiger partial charge in [0.15, 0.2) is 0 Å². The van der Waals surface area contributed by atoms with E-state index in [1.54, 1.807) is 12.2 Å². The average molecular weight is 92.1 g/mol. The molecule has 0 aromatic carbocycles. The molecule has 0 aliphatic rings. The molecule has 0 bridgehead atoms. The molecule has 38 valence electrons. The van der Waals surface area contributed by atoms with Crippen molar-refractivity contribution in [1.29, 1.82) is 0 Å². The molecule has 0 amide bonds. The molecule has 0 atom stereocenters. The van der Waals surface area contributed by atoms with E-state index in [-0.39, 0.29) is 20.3 Å². The maximum atomic E-state index is 3.36. The van der Waals surface area contributed by atoms with Crippen LogP contribution in [0.2, 0.25) is 0 Å². The molecule has 0 radical (unpaired) electrons. The molecule has 0 rings (SSSR count). The van der Waals surface area contributed by atoms with Gasteiger partial charge in [-0.3, -0.25) is 0 Å². The van der Waals surface area contributed by atoms with Crippen LogP contribution in [-0.4, -0.2) is 0 Å². The smallest absolute Gasteiger partial charge is 1.00 e. The number of hydrogen-bond donors (Lipinski definition) is 0. The Kier molecular flexibility index (Phi) is 81.5. The number of rotatable bonds is 0. The molecule has 1 heteroatoms. The van der Waals surface area contributed by atoms with Crippen molar-refractivity contribution >= 4 is 0 Å². The Morgan fingerprint density at radius 2 is 1.14 bits per heavy atom. The van der Waals surface area contributed by atoms with E-state index in [2.05, 4.69) is 13.2 Å². The summed E-state index contributed by atoms with van der Waals surface area (Å²) in [5.74, 6) is 0. The molecular weight excluding hydrogens is 79.0 g/mol. The quantitative estimate of drug-likeness (QED) is 0.279. The van der Waals surface area contributed by atoms with Gasteiger partial charge < -0.3 is 1.43 Å². The summed E-state index contributed by atoms with van der Waals surface area (Å²) in [6.07, 6.45) is 3.50. The molecule has 0 aromatic heterocycles. The van der Waals surface area contributed by atoms with Crippen LogP contribution in [0.1, 0.15) is 15.3 Å². The summed E-state index contributed by atoms with van der Waals surface area (Å²) in [7, 11) is 0. The van der Waals surface area contributed by atoms with Crippen molar-refractivity contribution in [3.63, 3.8) is 0 Å². The van der Waals surface area contributed by atoms with Gasteiger partial charge >= 0.3 is 18.9 Å². The third kappa shape index (κ3) is 16900. The van der Waals surface area contributed by atoms with E-state index in [0.717, 1.165) is 0 Å². The van der Waals surface area contributed by atoms with Crippen LogP contribution in [0.4, 0.5) is 0 Å². The first kappa shape index (κ1) is 15.7. The fourth-order valence-electron chi connectivity index (χ4n) is 0. The summed E-state index contributed by atoms with van der Waals surface area (Å²) in [5, 5.41) is 0. The zero-order chi connectivity index (χ0) is 5.41. The van der Waals surface area contributed by atoms with E-state index in [0.29, 0.717) is 0 Å². The first-order valence-electron chi connectivity index (χ1n) is 1.97. The van der Waals surface area contributed by atoms with Crippen LogP contribution in [0.5, 0.6) is 0 Å². The zero-order valence-electron chi connectivity index (χ0n) is 6.57. The van der Waals surface area contributed by atoms with E-state index in [9.17, 15) is 0 Å². The third-order valence-corrected chi connectivity index (χ3v) is 0. The van der Waals surface area contributed by atoms with Crippen LogP contribution in [0.15, 0.2) is 25.3 Å². The summed E-state index contributed by atoms with van der Waals surface area (Å²) in [4.78, 5) is 0. The molecule has 0 fully saturated rings. The summed E-state index contributed by atoms with van der Waals surface area (Å²) in [6, 6.07) is 0. The van der Waals surface area contributed by atoms with Crippen LogP contribution < -0.4 is 18.9 Å². The fraction of sp³-hybridized carbons (Fsp3) is 0.333. The monoisotopic (exact) mass is 92.1 g/mol. The first-order chi connectivity index (χ1) is 2.83. The Morgan fingerprint density at radius 3 is 1.14 bits per heavy atom.